The highest BCUT2D eigenvalue weighted by molar-refractivity contribution is 7.89. The highest BCUT2D eigenvalue weighted by Crippen LogP contribution is 2.24. The zero-order valence-corrected chi connectivity index (χ0v) is 15.1. The van der Waals surface area contributed by atoms with Gasteiger partial charge < -0.3 is 14.9 Å². The summed E-state index contributed by atoms with van der Waals surface area (Å²) in [6.07, 6.45) is 0. The first-order valence-electron chi connectivity index (χ1n) is 7.68. The average Bonchev–Trinajstić information content (AvgIpc) is 3.11. The summed E-state index contributed by atoms with van der Waals surface area (Å²) in [5.74, 6) is -2.13. The summed E-state index contributed by atoms with van der Waals surface area (Å²) >= 11 is 0. The third-order valence-corrected chi connectivity index (χ3v) is 5.27. The van der Waals surface area contributed by atoms with E-state index in [0.717, 1.165) is 6.07 Å². The Morgan fingerprint density at radius 2 is 1.96 bits per heavy atom. The number of amides is 1. The van der Waals surface area contributed by atoms with Crippen molar-refractivity contribution in [3.63, 3.8) is 0 Å². The van der Waals surface area contributed by atoms with Crippen LogP contribution in [0.4, 0.5) is 5.69 Å². The number of nitrogens with zero attached hydrogens (tertiary/aromatic N) is 2. The van der Waals surface area contributed by atoms with Crippen molar-refractivity contribution in [3.8, 4) is 6.07 Å². The second-order valence-corrected chi connectivity index (χ2v) is 7.41. The number of sulfonamides is 1. The van der Waals surface area contributed by atoms with Crippen LogP contribution in [0.2, 0.25) is 0 Å². The highest BCUT2D eigenvalue weighted by Gasteiger charge is 2.21. The third kappa shape index (κ3) is 3.41. The lowest BCUT2D eigenvalue weighted by atomic mass is 10.1. The Morgan fingerprint density at radius 1 is 1.21 bits per heavy atom. The second kappa shape index (κ2) is 7.10. The van der Waals surface area contributed by atoms with Gasteiger partial charge in [0.25, 0.3) is 5.91 Å². The summed E-state index contributed by atoms with van der Waals surface area (Å²) < 4.78 is 31.1. The molecule has 3 N–H and O–H groups in total. The average molecular weight is 400 g/mol. The molecule has 0 aliphatic heterocycles. The normalized spacial score (nSPS) is 11.1. The van der Waals surface area contributed by atoms with Gasteiger partial charge in [0, 0.05) is 0 Å². The van der Waals surface area contributed by atoms with Crippen LogP contribution in [-0.4, -0.2) is 37.6 Å². The standard InChI is InChI=1S/C17H12N4O6S/c1-19-28(25,26)10-3-5-14-12(7-10)15(21-27-14)16(22)20-13-4-2-9(8-18)6-11(13)17(23)24/h2-7,19H,1H3,(H,20,22)(H,23,24). The summed E-state index contributed by atoms with van der Waals surface area (Å²) in [7, 11) is -2.50. The monoisotopic (exact) mass is 400 g/mol. The van der Waals surface area contributed by atoms with Crippen LogP contribution in [0.3, 0.4) is 0 Å². The first-order chi connectivity index (χ1) is 13.3. The van der Waals surface area contributed by atoms with Crippen LogP contribution in [-0.2, 0) is 10.0 Å². The number of rotatable bonds is 5. The Bertz CT molecular complexity index is 1260. The molecule has 10 nitrogen and oxygen atoms in total. The Labute approximate surface area is 158 Å². The van der Waals surface area contributed by atoms with Crippen molar-refractivity contribution in [2.24, 2.45) is 0 Å². The van der Waals surface area contributed by atoms with Crippen LogP contribution in [0, 0.1) is 11.3 Å². The lowest BCUT2D eigenvalue weighted by Gasteiger charge is -2.07. The minimum atomic E-state index is -3.75. The van der Waals surface area contributed by atoms with Gasteiger partial charge in [0.05, 0.1) is 33.2 Å². The number of carboxylic acids is 1. The molecule has 0 spiro atoms. The zero-order chi connectivity index (χ0) is 20.5. The molecule has 11 heteroatoms. The van der Waals surface area contributed by atoms with Gasteiger partial charge in [-0.1, -0.05) is 5.16 Å². The van der Waals surface area contributed by atoms with E-state index in [1.165, 1.54) is 37.4 Å². The number of carbonyl (C=O) groups excluding carboxylic acids is 1. The van der Waals surface area contributed by atoms with E-state index >= 15 is 0 Å². The summed E-state index contributed by atoms with van der Waals surface area (Å²) in [6, 6.07) is 9.44. The minimum absolute atomic E-state index is 0.0494. The zero-order valence-electron chi connectivity index (χ0n) is 14.3. The molecule has 0 radical (unpaired) electrons. The van der Waals surface area contributed by atoms with Crippen molar-refractivity contribution in [3.05, 3.63) is 53.2 Å². The molecule has 0 unspecified atom stereocenters. The molecule has 28 heavy (non-hydrogen) atoms. The Morgan fingerprint density at radius 3 is 2.61 bits per heavy atom. The summed E-state index contributed by atoms with van der Waals surface area (Å²) in [5, 5.41) is 24.4. The summed E-state index contributed by atoms with van der Waals surface area (Å²) in [6.45, 7) is 0. The number of nitriles is 1. The van der Waals surface area contributed by atoms with Crippen molar-refractivity contribution in [2.45, 2.75) is 4.90 Å². The molecule has 0 aliphatic rings. The van der Waals surface area contributed by atoms with Crippen molar-refractivity contribution in [1.82, 2.24) is 9.88 Å². The quantitative estimate of drug-likeness (QED) is 0.581. The number of nitrogens with one attached hydrogen (secondary N) is 2. The van der Waals surface area contributed by atoms with E-state index in [9.17, 15) is 23.1 Å². The van der Waals surface area contributed by atoms with Crippen LogP contribution in [0.25, 0.3) is 11.0 Å². The molecule has 0 saturated heterocycles. The topological polar surface area (TPSA) is 162 Å². The third-order valence-electron chi connectivity index (χ3n) is 3.86. The molecule has 2 aromatic carbocycles. The number of aromatic nitrogens is 1. The van der Waals surface area contributed by atoms with E-state index in [1.807, 2.05) is 6.07 Å². The van der Waals surface area contributed by atoms with E-state index in [0.29, 0.717) is 0 Å². The number of hydrogen-bond donors (Lipinski definition) is 3. The van der Waals surface area contributed by atoms with Crippen LogP contribution in [0.1, 0.15) is 26.4 Å². The number of carboxylic acid groups (broad SMARTS) is 1. The van der Waals surface area contributed by atoms with Gasteiger partial charge in [-0.05, 0) is 43.4 Å². The molecule has 0 aliphatic carbocycles. The molecule has 1 amide bonds. The molecule has 3 rings (SSSR count). The molecule has 1 heterocycles. The lowest BCUT2D eigenvalue weighted by Crippen LogP contribution is -2.18. The first kappa shape index (κ1) is 19.0. The van der Waals surface area contributed by atoms with Crippen LogP contribution in [0.15, 0.2) is 45.8 Å². The van der Waals surface area contributed by atoms with Gasteiger partial charge >= 0.3 is 5.97 Å². The van der Waals surface area contributed by atoms with Crippen molar-refractivity contribution >= 4 is 38.6 Å². The maximum atomic E-state index is 12.6. The second-order valence-electron chi connectivity index (χ2n) is 5.53. The van der Waals surface area contributed by atoms with Crippen LogP contribution < -0.4 is 10.0 Å². The SMILES string of the molecule is CNS(=O)(=O)c1ccc2onc(C(=O)Nc3ccc(C#N)cc3C(=O)O)c2c1. The Balaban J connectivity index is 2.02. The number of anilines is 1. The van der Waals surface area contributed by atoms with E-state index < -0.39 is 21.9 Å². The smallest absolute Gasteiger partial charge is 0.337 e. The van der Waals surface area contributed by atoms with E-state index in [-0.39, 0.29) is 38.4 Å². The fourth-order valence-electron chi connectivity index (χ4n) is 2.45. The Hall–Kier alpha value is -3.75. The molecule has 0 atom stereocenters. The van der Waals surface area contributed by atoms with Gasteiger partial charge in [0.2, 0.25) is 10.0 Å². The fraction of sp³-hybridized carbons (Fsp3) is 0.0588. The summed E-state index contributed by atoms with van der Waals surface area (Å²) in [5.41, 5.74) is -0.253. The van der Waals surface area contributed by atoms with Crippen LogP contribution >= 0.6 is 0 Å². The van der Waals surface area contributed by atoms with Crippen LogP contribution in [0.5, 0.6) is 0 Å². The van der Waals surface area contributed by atoms with Crippen molar-refractivity contribution in [2.75, 3.05) is 12.4 Å². The van der Waals surface area contributed by atoms with Gasteiger partial charge in [-0.2, -0.15) is 5.26 Å². The summed E-state index contributed by atoms with van der Waals surface area (Å²) in [4.78, 5) is 23.9. The fourth-order valence-corrected chi connectivity index (χ4v) is 3.20. The van der Waals surface area contributed by atoms with Gasteiger partial charge in [0.1, 0.15) is 0 Å². The van der Waals surface area contributed by atoms with E-state index in [2.05, 4.69) is 15.2 Å². The predicted molar refractivity (Wildman–Crippen MR) is 96.3 cm³/mol. The maximum absolute atomic E-state index is 12.6. The number of hydrogen-bond acceptors (Lipinski definition) is 7. The Kier molecular flexibility index (Phi) is 4.83. The maximum Gasteiger partial charge on any atom is 0.337 e. The number of fused-ring (bicyclic) bond motifs is 1. The number of benzene rings is 2. The van der Waals surface area contributed by atoms with E-state index in [4.69, 9.17) is 9.78 Å². The molecule has 3 aromatic rings. The van der Waals surface area contributed by atoms with Gasteiger partial charge in [0.15, 0.2) is 11.3 Å². The molecule has 142 valence electrons. The van der Waals surface area contributed by atoms with Gasteiger partial charge in [-0.25, -0.2) is 17.9 Å². The van der Waals surface area contributed by atoms with Crippen molar-refractivity contribution in [1.29, 1.82) is 5.26 Å². The lowest BCUT2D eigenvalue weighted by molar-refractivity contribution is 0.0698. The van der Waals surface area contributed by atoms with Gasteiger partial charge in [-0.3, -0.25) is 4.79 Å². The molecule has 0 saturated carbocycles. The minimum Gasteiger partial charge on any atom is -0.478 e. The van der Waals surface area contributed by atoms with Crippen molar-refractivity contribution < 1.29 is 27.6 Å². The van der Waals surface area contributed by atoms with E-state index in [1.54, 1.807) is 0 Å². The first-order valence-corrected chi connectivity index (χ1v) is 9.17. The number of carbonyl (C=O) groups is 2. The largest absolute Gasteiger partial charge is 0.478 e. The molecule has 0 fully saturated rings. The number of aromatic carboxylic acids is 1. The molecule has 0 bridgehead atoms. The molecular formula is C17H12N4O6S. The molecule has 1 aromatic heterocycles. The highest BCUT2D eigenvalue weighted by atomic mass is 32.2. The molecular weight excluding hydrogens is 388 g/mol. The van der Waals surface area contributed by atoms with Gasteiger partial charge in [-0.15, -0.1) is 0 Å². The predicted octanol–water partition coefficient (Wildman–Crippen LogP) is 1.56.